The third-order valence-electron chi connectivity index (χ3n) is 3.06. The van der Waals surface area contributed by atoms with Crippen LogP contribution >= 0.6 is 11.8 Å². The van der Waals surface area contributed by atoms with Crippen LogP contribution in [-0.2, 0) is 17.2 Å². The highest BCUT2D eigenvalue weighted by Gasteiger charge is 2.10. The molecule has 114 valence electrons. The first kappa shape index (κ1) is 15.0. The molecule has 6 nitrogen and oxygen atoms in total. The summed E-state index contributed by atoms with van der Waals surface area (Å²) in [5, 5.41) is 14.8. The van der Waals surface area contributed by atoms with E-state index in [1.54, 1.807) is 29.0 Å². The number of fused-ring (bicyclic) bond motifs is 1. The zero-order valence-electron chi connectivity index (χ0n) is 11.9. The third kappa shape index (κ3) is 3.44. The maximum absolute atomic E-state index is 8.75. The van der Waals surface area contributed by atoms with Crippen molar-refractivity contribution in [3.8, 4) is 0 Å². The van der Waals surface area contributed by atoms with Crippen LogP contribution in [-0.4, -0.2) is 38.1 Å². The summed E-state index contributed by atoms with van der Waals surface area (Å²) in [4.78, 5) is 8.62. The standard InChI is InChI=1S/C15H16N4O2S/c20-6-7-21-11-19-14-13(8-18-19)15(17-10-16-14)22-9-12-4-2-1-3-5-12/h1-5,8,10,20H,6-7,9,11H2. The number of rotatable bonds is 7. The van der Waals surface area contributed by atoms with E-state index >= 15 is 0 Å². The fraction of sp³-hybridized carbons (Fsp3) is 0.267. The Morgan fingerprint density at radius 1 is 1.18 bits per heavy atom. The largest absolute Gasteiger partial charge is 0.394 e. The fourth-order valence-electron chi connectivity index (χ4n) is 2.02. The molecule has 3 aromatic rings. The predicted octanol–water partition coefficient (Wildman–Crippen LogP) is 2.08. The lowest BCUT2D eigenvalue weighted by atomic mass is 10.2. The highest BCUT2D eigenvalue weighted by atomic mass is 32.2. The maximum Gasteiger partial charge on any atom is 0.164 e. The first-order valence-electron chi connectivity index (χ1n) is 6.90. The van der Waals surface area contributed by atoms with Crippen molar-refractivity contribution in [2.75, 3.05) is 13.2 Å². The van der Waals surface area contributed by atoms with Gasteiger partial charge in [-0.15, -0.1) is 11.8 Å². The van der Waals surface area contributed by atoms with E-state index in [2.05, 4.69) is 27.2 Å². The zero-order valence-corrected chi connectivity index (χ0v) is 12.7. The van der Waals surface area contributed by atoms with E-state index in [1.807, 2.05) is 18.2 Å². The smallest absolute Gasteiger partial charge is 0.164 e. The van der Waals surface area contributed by atoms with Gasteiger partial charge in [0.05, 0.1) is 24.8 Å². The number of hydrogen-bond donors (Lipinski definition) is 1. The minimum Gasteiger partial charge on any atom is -0.394 e. The highest BCUT2D eigenvalue weighted by Crippen LogP contribution is 2.27. The summed E-state index contributed by atoms with van der Waals surface area (Å²) in [6.45, 7) is 0.540. The Morgan fingerprint density at radius 3 is 2.86 bits per heavy atom. The molecule has 0 aliphatic rings. The van der Waals surface area contributed by atoms with Gasteiger partial charge in [0.1, 0.15) is 18.1 Å². The zero-order chi connectivity index (χ0) is 15.2. The van der Waals surface area contributed by atoms with E-state index in [9.17, 15) is 0 Å². The van der Waals surface area contributed by atoms with Gasteiger partial charge in [-0.2, -0.15) is 5.10 Å². The molecule has 1 aromatic carbocycles. The lowest BCUT2D eigenvalue weighted by Gasteiger charge is -2.04. The van der Waals surface area contributed by atoms with Crippen LogP contribution in [0.1, 0.15) is 5.56 Å². The molecule has 0 unspecified atom stereocenters. The molecule has 0 radical (unpaired) electrons. The SMILES string of the molecule is OCCOCn1ncc2c(SCc3ccccc3)ncnc21. The lowest BCUT2D eigenvalue weighted by molar-refractivity contribution is 0.0439. The second-order valence-corrected chi connectivity index (χ2v) is 5.56. The van der Waals surface area contributed by atoms with Gasteiger partial charge in [-0.05, 0) is 5.56 Å². The lowest BCUT2D eigenvalue weighted by Crippen LogP contribution is -2.07. The van der Waals surface area contributed by atoms with Crippen LogP contribution in [0.25, 0.3) is 11.0 Å². The fourth-order valence-corrected chi connectivity index (χ4v) is 2.94. The molecule has 2 aromatic heterocycles. The Bertz CT molecular complexity index is 733. The van der Waals surface area contributed by atoms with Crippen molar-refractivity contribution in [1.82, 2.24) is 19.7 Å². The molecule has 1 N–H and O–H groups in total. The summed E-state index contributed by atoms with van der Waals surface area (Å²) in [5.74, 6) is 0.846. The van der Waals surface area contributed by atoms with Crippen molar-refractivity contribution in [1.29, 1.82) is 0 Å². The van der Waals surface area contributed by atoms with Crippen LogP contribution in [0, 0.1) is 0 Å². The average Bonchev–Trinajstić information content (AvgIpc) is 2.98. The van der Waals surface area contributed by atoms with Gasteiger partial charge in [0.25, 0.3) is 0 Å². The molecule has 0 atom stereocenters. The summed E-state index contributed by atoms with van der Waals surface area (Å²) in [7, 11) is 0. The van der Waals surface area contributed by atoms with Gasteiger partial charge in [0.15, 0.2) is 5.65 Å². The normalized spacial score (nSPS) is 11.1. The van der Waals surface area contributed by atoms with Crippen LogP contribution < -0.4 is 0 Å². The van der Waals surface area contributed by atoms with E-state index in [-0.39, 0.29) is 19.9 Å². The molecule has 2 heterocycles. The van der Waals surface area contributed by atoms with Gasteiger partial charge in [0.2, 0.25) is 0 Å². The molecule has 3 rings (SSSR count). The van der Waals surface area contributed by atoms with Gasteiger partial charge >= 0.3 is 0 Å². The molecule has 0 saturated carbocycles. The van der Waals surface area contributed by atoms with Crippen molar-refractivity contribution in [2.45, 2.75) is 17.5 Å². The van der Waals surface area contributed by atoms with Crippen molar-refractivity contribution < 1.29 is 9.84 Å². The van der Waals surface area contributed by atoms with Crippen LogP contribution in [0.3, 0.4) is 0 Å². The topological polar surface area (TPSA) is 73.1 Å². The van der Waals surface area contributed by atoms with E-state index in [1.165, 1.54) is 5.56 Å². The minimum absolute atomic E-state index is 0.00758. The van der Waals surface area contributed by atoms with Gasteiger partial charge in [-0.25, -0.2) is 14.6 Å². The maximum atomic E-state index is 8.75. The number of aromatic nitrogens is 4. The van der Waals surface area contributed by atoms with Gasteiger partial charge in [0, 0.05) is 5.75 Å². The second-order valence-electron chi connectivity index (χ2n) is 4.60. The molecule has 0 fully saturated rings. The van der Waals surface area contributed by atoms with E-state index in [0.717, 1.165) is 21.8 Å². The number of thioether (sulfide) groups is 1. The Kier molecular flexibility index (Phi) is 4.99. The average molecular weight is 316 g/mol. The molecule has 0 amide bonds. The molecule has 7 heteroatoms. The van der Waals surface area contributed by atoms with Crippen LogP contribution in [0.4, 0.5) is 0 Å². The Labute approximate surface area is 132 Å². The molecule has 0 spiro atoms. The molecular weight excluding hydrogens is 300 g/mol. The quantitative estimate of drug-likeness (QED) is 0.409. The summed E-state index contributed by atoms with van der Waals surface area (Å²) >= 11 is 1.66. The highest BCUT2D eigenvalue weighted by molar-refractivity contribution is 7.98. The molecule has 22 heavy (non-hydrogen) atoms. The number of aliphatic hydroxyl groups excluding tert-OH is 1. The second kappa shape index (κ2) is 7.35. The number of benzene rings is 1. The predicted molar refractivity (Wildman–Crippen MR) is 84.4 cm³/mol. The minimum atomic E-state index is -0.00758. The summed E-state index contributed by atoms with van der Waals surface area (Å²) in [5.41, 5.74) is 1.99. The first-order valence-corrected chi connectivity index (χ1v) is 7.89. The number of ether oxygens (including phenoxy) is 1. The van der Waals surface area contributed by atoms with Crippen LogP contribution in [0.15, 0.2) is 47.9 Å². The van der Waals surface area contributed by atoms with E-state index < -0.39 is 0 Å². The van der Waals surface area contributed by atoms with Gasteiger partial charge < -0.3 is 9.84 Å². The molecule has 0 saturated heterocycles. The molecule has 0 bridgehead atoms. The van der Waals surface area contributed by atoms with Gasteiger partial charge in [-0.3, -0.25) is 0 Å². The van der Waals surface area contributed by atoms with E-state index in [0.29, 0.717) is 0 Å². The van der Waals surface area contributed by atoms with Crippen LogP contribution in [0.2, 0.25) is 0 Å². The molecule has 0 aliphatic heterocycles. The van der Waals surface area contributed by atoms with Crippen LogP contribution in [0.5, 0.6) is 0 Å². The summed E-state index contributed by atoms with van der Waals surface area (Å²) < 4.78 is 6.95. The number of aliphatic hydroxyl groups is 1. The summed E-state index contributed by atoms with van der Waals surface area (Å²) in [6.07, 6.45) is 3.30. The number of nitrogens with zero attached hydrogens (tertiary/aromatic N) is 4. The van der Waals surface area contributed by atoms with E-state index in [4.69, 9.17) is 9.84 Å². The summed E-state index contributed by atoms with van der Waals surface area (Å²) in [6, 6.07) is 10.3. The Morgan fingerprint density at radius 2 is 2.05 bits per heavy atom. The Balaban J connectivity index is 1.76. The van der Waals surface area contributed by atoms with Crippen molar-refractivity contribution in [3.63, 3.8) is 0 Å². The molecular formula is C15H16N4O2S. The third-order valence-corrected chi connectivity index (χ3v) is 4.14. The molecule has 0 aliphatic carbocycles. The van der Waals surface area contributed by atoms with Crippen molar-refractivity contribution in [2.24, 2.45) is 0 Å². The monoisotopic (exact) mass is 316 g/mol. The van der Waals surface area contributed by atoms with Crippen molar-refractivity contribution >= 4 is 22.8 Å². The Hall–Kier alpha value is -1.96. The number of hydrogen-bond acceptors (Lipinski definition) is 6. The van der Waals surface area contributed by atoms with Crippen molar-refractivity contribution in [3.05, 3.63) is 48.4 Å². The first-order chi connectivity index (χ1) is 10.9. The van der Waals surface area contributed by atoms with Gasteiger partial charge in [-0.1, -0.05) is 30.3 Å².